The van der Waals surface area contributed by atoms with Gasteiger partial charge in [-0.05, 0) is 12.1 Å². The molecule has 0 fully saturated rings. The number of ether oxygens (including phenoxy) is 1. The van der Waals surface area contributed by atoms with Crippen LogP contribution in [0.4, 0.5) is 0 Å². The van der Waals surface area contributed by atoms with Gasteiger partial charge in [-0.2, -0.15) is 5.26 Å². The van der Waals surface area contributed by atoms with Crippen LogP contribution in [0.2, 0.25) is 0 Å². The molecule has 0 radical (unpaired) electrons. The van der Waals surface area contributed by atoms with Crippen LogP contribution in [0, 0.1) is 11.3 Å². The smallest absolute Gasteiger partial charge is 0.267 e. The van der Waals surface area contributed by atoms with E-state index in [4.69, 9.17) is 10.00 Å². The zero-order chi connectivity index (χ0) is 13.7. The number of methoxy groups -OCH3 is 1. The minimum Gasteiger partial charge on any atom is -0.506 e. The summed E-state index contributed by atoms with van der Waals surface area (Å²) in [7, 11) is 4.47. The first-order valence-corrected chi connectivity index (χ1v) is 5.21. The second-order valence-corrected chi connectivity index (χ2v) is 3.74. The molecule has 0 unspecified atom stereocenters. The highest BCUT2D eigenvalue weighted by atomic mass is 16.5. The highest BCUT2D eigenvalue weighted by Crippen LogP contribution is 2.26. The molecule has 1 amide bonds. The van der Waals surface area contributed by atoms with Gasteiger partial charge in [0, 0.05) is 14.1 Å². The van der Waals surface area contributed by atoms with Crippen molar-refractivity contribution >= 4 is 11.7 Å². The van der Waals surface area contributed by atoms with Gasteiger partial charge < -0.3 is 14.7 Å². The predicted molar refractivity (Wildman–Crippen MR) is 66.8 cm³/mol. The molecule has 0 saturated heterocycles. The molecule has 0 aliphatic carbocycles. The lowest BCUT2D eigenvalue weighted by atomic mass is 10.1. The number of likely N-dealkylation sites (N-methyl/N-ethyl adjacent to an activating group) is 1. The average molecular weight is 246 g/mol. The third-order valence-corrected chi connectivity index (χ3v) is 2.33. The minimum absolute atomic E-state index is 0.312. The van der Waals surface area contributed by atoms with Gasteiger partial charge in [0.15, 0.2) is 5.57 Å². The molecular formula is C13H14N2O3. The Bertz CT molecular complexity index is 527. The number of aliphatic hydroxyl groups excluding tert-OH is 1. The molecule has 0 aliphatic rings. The van der Waals surface area contributed by atoms with Crippen molar-refractivity contribution in [3.8, 4) is 11.8 Å². The van der Waals surface area contributed by atoms with E-state index in [1.165, 1.54) is 26.1 Å². The molecule has 0 heterocycles. The van der Waals surface area contributed by atoms with Crippen LogP contribution in [-0.4, -0.2) is 37.1 Å². The van der Waals surface area contributed by atoms with Gasteiger partial charge in [0.25, 0.3) is 5.91 Å². The van der Waals surface area contributed by atoms with E-state index in [1.54, 1.807) is 30.3 Å². The van der Waals surface area contributed by atoms with Crippen LogP contribution in [0.3, 0.4) is 0 Å². The van der Waals surface area contributed by atoms with E-state index < -0.39 is 5.91 Å². The maximum absolute atomic E-state index is 11.7. The normalized spacial score (nSPS) is 11.2. The molecule has 1 aromatic rings. The van der Waals surface area contributed by atoms with Gasteiger partial charge in [-0.15, -0.1) is 0 Å². The Hall–Kier alpha value is -2.48. The van der Waals surface area contributed by atoms with E-state index in [9.17, 15) is 9.90 Å². The molecule has 1 aromatic carbocycles. The molecule has 5 nitrogen and oxygen atoms in total. The summed E-state index contributed by atoms with van der Waals surface area (Å²) in [6, 6.07) is 8.35. The number of rotatable bonds is 3. The van der Waals surface area contributed by atoms with Gasteiger partial charge in [0.1, 0.15) is 17.6 Å². The van der Waals surface area contributed by atoms with E-state index in [-0.39, 0.29) is 11.3 Å². The lowest BCUT2D eigenvalue weighted by molar-refractivity contribution is -0.124. The van der Waals surface area contributed by atoms with Gasteiger partial charge in [-0.25, -0.2) is 0 Å². The van der Waals surface area contributed by atoms with E-state index in [2.05, 4.69) is 0 Å². The number of carbonyl (C=O) groups excluding carboxylic acids is 1. The Balaban J connectivity index is 3.37. The van der Waals surface area contributed by atoms with Gasteiger partial charge in [-0.3, -0.25) is 4.79 Å². The van der Waals surface area contributed by atoms with Crippen molar-refractivity contribution in [1.82, 2.24) is 4.90 Å². The molecule has 0 atom stereocenters. The first-order valence-electron chi connectivity index (χ1n) is 5.21. The van der Waals surface area contributed by atoms with Crippen molar-refractivity contribution in [3.63, 3.8) is 0 Å². The fourth-order valence-electron chi connectivity index (χ4n) is 1.40. The van der Waals surface area contributed by atoms with Crippen molar-refractivity contribution < 1.29 is 14.6 Å². The average Bonchev–Trinajstić information content (AvgIpc) is 2.39. The topological polar surface area (TPSA) is 73.6 Å². The number of aliphatic hydroxyl groups is 1. The van der Waals surface area contributed by atoms with E-state index in [1.807, 2.05) is 0 Å². The largest absolute Gasteiger partial charge is 0.506 e. The quantitative estimate of drug-likeness (QED) is 0.499. The molecule has 1 rings (SSSR count). The van der Waals surface area contributed by atoms with Crippen LogP contribution in [0.5, 0.6) is 5.75 Å². The highest BCUT2D eigenvalue weighted by Gasteiger charge is 2.20. The van der Waals surface area contributed by atoms with E-state index in [0.29, 0.717) is 11.3 Å². The molecule has 94 valence electrons. The number of nitrogens with zero attached hydrogens (tertiary/aromatic N) is 2. The lowest BCUT2D eigenvalue weighted by Gasteiger charge is -2.12. The lowest BCUT2D eigenvalue weighted by Crippen LogP contribution is -2.23. The van der Waals surface area contributed by atoms with Crippen LogP contribution in [-0.2, 0) is 4.79 Å². The Morgan fingerprint density at radius 3 is 2.50 bits per heavy atom. The molecule has 5 heteroatoms. The summed E-state index contributed by atoms with van der Waals surface area (Å²) >= 11 is 0. The summed E-state index contributed by atoms with van der Waals surface area (Å²) in [6.07, 6.45) is 0. The van der Waals surface area contributed by atoms with Crippen molar-refractivity contribution in [1.29, 1.82) is 5.26 Å². The van der Waals surface area contributed by atoms with Crippen LogP contribution < -0.4 is 4.74 Å². The summed E-state index contributed by atoms with van der Waals surface area (Å²) in [6.45, 7) is 0. The molecule has 0 spiro atoms. The summed E-state index contributed by atoms with van der Waals surface area (Å²) in [4.78, 5) is 13.0. The molecule has 1 N–H and O–H groups in total. The Morgan fingerprint density at radius 1 is 1.39 bits per heavy atom. The summed E-state index contributed by atoms with van der Waals surface area (Å²) in [5, 5.41) is 19.0. The number of nitriles is 1. The standard InChI is InChI=1S/C13H14N2O3/c1-15(2)13(17)10(8-14)12(16)9-6-4-5-7-11(9)18-3/h4-7,16H,1-3H3. The van der Waals surface area contributed by atoms with Crippen LogP contribution >= 0.6 is 0 Å². The summed E-state index contributed by atoms with van der Waals surface area (Å²) < 4.78 is 5.07. The molecule has 0 saturated carbocycles. The first-order chi connectivity index (χ1) is 8.52. The van der Waals surface area contributed by atoms with Gasteiger partial charge in [0.2, 0.25) is 0 Å². The van der Waals surface area contributed by atoms with Gasteiger partial charge in [0.05, 0.1) is 12.7 Å². The van der Waals surface area contributed by atoms with Gasteiger partial charge >= 0.3 is 0 Å². The molecular weight excluding hydrogens is 232 g/mol. The van der Waals surface area contributed by atoms with Gasteiger partial charge in [-0.1, -0.05) is 12.1 Å². The number of hydrogen-bond donors (Lipinski definition) is 1. The van der Waals surface area contributed by atoms with E-state index >= 15 is 0 Å². The fraction of sp³-hybridized carbons (Fsp3) is 0.231. The highest BCUT2D eigenvalue weighted by molar-refractivity contribution is 6.03. The van der Waals surface area contributed by atoms with Crippen LogP contribution in [0.25, 0.3) is 5.76 Å². The van der Waals surface area contributed by atoms with E-state index in [0.717, 1.165) is 0 Å². The van der Waals surface area contributed by atoms with Crippen molar-refractivity contribution in [2.75, 3.05) is 21.2 Å². The Morgan fingerprint density at radius 2 is 2.00 bits per heavy atom. The number of hydrogen-bond acceptors (Lipinski definition) is 4. The fourth-order valence-corrected chi connectivity index (χ4v) is 1.40. The Labute approximate surface area is 106 Å². The zero-order valence-electron chi connectivity index (χ0n) is 10.5. The Kier molecular flexibility index (Phi) is 4.33. The zero-order valence-corrected chi connectivity index (χ0v) is 10.5. The third kappa shape index (κ3) is 2.61. The van der Waals surface area contributed by atoms with Crippen molar-refractivity contribution in [2.45, 2.75) is 0 Å². The number of benzene rings is 1. The third-order valence-electron chi connectivity index (χ3n) is 2.33. The minimum atomic E-state index is -0.555. The first kappa shape index (κ1) is 13.6. The molecule has 0 aliphatic heterocycles. The summed E-state index contributed by atoms with van der Waals surface area (Å²) in [5.41, 5.74) is -0.00347. The maximum atomic E-state index is 11.7. The molecule has 0 aromatic heterocycles. The number of para-hydroxylation sites is 1. The number of carbonyl (C=O) groups is 1. The summed E-state index contributed by atoms with van der Waals surface area (Å²) in [5.74, 6) is -0.538. The number of amides is 1. The van der Waals surface area contributed by atoms with Crippen LogP contribution in [0.1, 0.15) is 5.56 Å². The molecule has 18 heavy (non-hydrogen) atoms. The second-order valence-electron chi connectivity index (χ2n) is 3.74. The second kappa shape index (κ2) is 5.73. The molecule has 0 bridgehead atoms. The maximum Gasteiger partial charge on any atom is 0.267 e. The van der Waals surface area contributed by atoms with Crippen molar-refractivity contribution in [3.05, 3.63) is 35.4 Å². The monoisotopic (exact) mass is 246 g/mol. The van der Waals surface area contributed by atoms with Crippen LogP contribution in [0.15, 0.2) is 29.8 Å². The predicted octanol–water partition coefficient (Wildman–Crippen LogP) is 1.58. The SMILES string of the molecule is COc1ccccc1C(O)=C(C#N)C(=O)N(C)C. The van der Waals surface area contributed by atoms with Crippen molar-refractivity contribution in [2.24, 2.45) is 0 Å².